The first-order chi connectivity index (χ1) is 9.81. The van der Waals surface area contributed by atoms with Crippen molar-refractivity contribution in [3.8, 4) is 0 Å². The number of aromatic nitrogens is 2. The normalized spacial score (nSPS) is 21.6. The smallest absolute Gasteiger partial charge is 0.0489 e. The van der Waals surface area contributed by atoms with E-state index < -0.39 is 0 Å². The average molecular weight is 269 g/mol. The first-order valence-electron chi connectivity index (χ1n) is 7.58. The molecule has 0 saturated heterocycles. The Morgan fingerprint density at radius 3 is 2.95 bits per heavy atom. The SMILES string of the molecule is Cc1cccc(C2CC(NCCCn3cccn3)C2)c1. The summed E-state index contributed by atoms with van der Waals surface area (Å²) < 4.78 is 2.00. The zero-order chi connectivity index (χ0) is 13.8. The average Bonchev–Trinajstić information content (AvgIpc) is 2.89. The molecule has 20 heavy (non-hydrogen) atoms. The van der Waals surface area contributed by atoms with Gasteiger partial charge in [0.1, 0.15) is 0 Å². The van der Waals surface area contributed by atoms with E-state index in [1.165, 1.54) is 24.0 Å². The second-order valence-corrected chi connectivity index (χ2v) is 5.86. The highest BCUT2D eigenvalue weighted by molar-refractivity contribution is 5.27. The van der Waals surface area contributed by atoms with Crippen LogP contribution in [0, 0.1) is 6.92 Å². The topological polar surface area (TPSA) is 29.9 Å². The van der Waals surface area contributed by atoms with Gasteiger partial charge in [0.25, 0.3) is 0 Å². The third-order valence-corrected chi connectivity index (χ3v) is 4.21. The van der Waals surface area contributed by atoms with E-state index in [0.29, 0.717) is 6.04 Å². The third-order valence-electron chi connectivity index (χ3n) is 4.21. The van der Waals surface area contributed by atoms with Crippen molar-refractivity contribution >= 4 is 0 Å². The number of aryl methyl sites for hydroxylation is 2. The quantitative estimate of drug-likeness (QED) is 0.817. The van der Waals surface area contributed by atoms with E-state index in [4.69, 9.17) is 0 Å². The molecule has 1 aromatic carbocycles. The fourth-order valence-corrected chi connectivity index (χ4v) is 2.96. The second-order valence-electron chi connectivity index (χ2n) is 5.86. The van der Waals surface area contributed by atoms with E-state index in [2.05, 4.69) is 41.6 Å². The maximum Gasteiger partial charge on any atom is 0.0489 e. The summed E-state index contributed by atoms with van der Waals surface area (Å²) in [7, 11) is 0. The first kappa shape index (κ1) is 13.4. The van der Waals surface area contributed by atoms with Gasteiger partial charge in [-0.3, -0.25) is 4.68 Å². The summed E-state index contributed by atoms with van der Waals surface area (Å²) in [4.78, 5) is 0. The molecule has 0 atom stereocenters. The van der Waals surface area contributed by atoms with Crippen LogP contribution >= 0.6 is 0 Å². The number of nitrogens with zero attached hydrogens (tertiary/aromatic N) is 2. The summed E-state index contributed by atoms with van der Waals surface area (Å²) in [5, 5.41) is 7.87. The zero-order valence-corrected chi connectivity index (χ0v) is 12.1. The van der Waals surface area contributed by atoms with Crippen LogP contribution in [-0.2, 0) is 6.54 Å². The summed E-state index contributed by atoms with van der Waals surface area (Å²) in [6, 6.07) is 11.6. The minimum atomic E-state index is 0.707. The van der Waals surface area contributed by atoms with Crippen LogP contribution in [0.5, 0.6) is 0 Å². The molecule has 3 heteroatoms. The molecule has 3 nitrogen and oxygen atoms in total. The molecular formula is C17H23N3. The summed E-state index contributed by atoms with van der Waals surface area (Å²) in [6.45, 7) is 4.27. The van der Waals surface area contributed by atoms with Crippen LogP contribution in [0.2, 0.25) is 0 Å². The van der Waals surface area contributed by atoms with Crippen molar-refractivity contribution in [3.63, 3.8) is 0 Å². The number of nitrogens with one attached hydrogen (secondary N) is 1. The maximum atomic E-state index is 4.22. The molecule has 1 saturated carbocycles. The van der Waals surface area contributed by atoms with Gasteiger partial charge in [0.15, 0.2) is 0 Å². The molecular weight excluding hydrogens is 246 g/mol. The Labute approximate surface area is 121 Å². The highest BCUT2D eigenvalue weighted by Crippen LogP contribution is 2.36. The Balaban J connectivity index is 1.34. The van der Waals surface area contributed by atoms with Crippen molar-refractivity contribution in [2.24, 2.45) is 0 Å². The summed E-state index contributed by atoms with van der Waals surface area (Å²) in [5.41, 5.74) is 2.89. The molecule has 0 bridgehead atoms. The summed E-state index contributed by atoms with van der Waals surface area (Å²) >= 11 is 0. The predicted octanol–water partition coefficient (Wildman–Crippen LogP) is 3.12. The van der Waals surface area contributed by atoms with Crippen LogP contribution in [0.25, 0.3) is 0 Å². The molecule has 106 valence electrons. The summed E-state index contributed by atoms with van der Waals surface area (Å²) in [6.07, 6.45) is 7.58. The minimum absolute atomic E-state index is 0.707. The van der Waals surface area contributed by atoms with Gasteiger partial charge in [-0.05, 0) is 50.3 Å². The van der Waals surface area contributed by atoms with Crippen molar-refractivity contribution in [1.29, 1.82) is 0 Å². The zero-order valence-electron chi connectivity index (χ0n) is 12.1. The molecule has 0 unspecified atom stereocenters. The fraction of sp³-hybridized carbons (Fsp3) is 0.471. The van der Waals surface area contributed by atoms with Gasteiger partial charge in [0, 0.05) is 25.0 Å². The maximum absolute atomic E-state index is 4.22. The third kappa shape index (κ3) is 3.28. The first-order valence-corrected chi connectivity index (χ1v) is 7.58. The van der Waals surface area contributed by atoms with Gasteiger partial charge < -0.3 is 5.32 Å². The molecule has 1 aromatic heterocycles. The Kier molecular flexibility index (Phi) is 4.16. The van der Waals surface area contributed by atoms with E-state index in [0.717, 1.165) is 25.4 Å². The largest absolute Gasteiger partial charge is 0.314 e. The van der Waals surface area contributed by atoms with Gasteiger partial charge in [-0.2, -0.15) is 5.10 Å². The number of rotatable bonds is 6. The van der Waals surface area contributed by atoms with Crippen LogP contribution in [-0.4, -0.2) is 22.4 Å². The Morgan fingerprint density at radius 1 is 1.30 bits per heavy atom. The lowest BCUT2D eigenvalue weighted by molar-refractivity contribution is 0.288. The lowest BCUT2D eigenvalue weighted by Crippen LogP contribution is -2.40. The highest BCUT2D eigenvalue weighted by Gasteiger charge is 2.29. The van der Waals surface area contributed by atoms with Gasteiger partial charge in [-0.15, -0.1) is 0 Å². The number of hydrogen-bond acceptors (Lipinski definition) is 2. The van der Waals surface area contributed by atoms with Crippen LogP contribution < -0.4 is 5.32 Å². The van der Waals surface area contributed by atoms with E-state index in [9.17, 15) is 0 Å². The van der Waals surface area contributed by atoms with Crippen molar-refractivity contribution in [2.75, 3.05) is 6.54 Å². The lowest BCUT2D eigenvalue weighted by atomic mass is 9.75. The second kappa shape index (κ2) is 6.23. The fourth-order valence-electron chi connectivity index (χ4n) is 2.96. The van der Waals surface area contributed by atoms with Gasteiger partial charge >= 0.3 is 0 Å². The van der Waals surface area contributed by atoms with Gasteiger partial charge in [0.2, 0.25) is 0 Å². The van der Waals surface area contributed by atoms with E-state index in [1.54, 1.807) is 0 Å². The van der Waals surface area contributed by atoms with Crippen molar-refractivity contribution in [2.45, 2.75) is 44.7 Å². The lowest BCUT2D eigenvalue weighted by Gasteiger charge is -2.36. The molecule has 1 heterocycles. The van der Waals surface area contributed by atoms with Crippen LogP contribution in [0.4, 0.5) is 0 Å². The summed E-state index contributed by atoms with van der Waals surface area (Å²) in [5.74, 6) is 0.763. The monoisotopic (exact) mass is 269 g/mol. The van der Waals surface area contributed by atoms with Crippen LogP contribution in [0.3, 0.4) is 0 Å². The molecule has 0 amide bonds. The number of hydrogen-bond donors (Lipinski definition) is 1. The molecule has 1 aliphatic rings. The van der Waals surface area contributed by atoms with Crippen LogP contribution in [0.15, 0.2) is 42.7 Å². The van der Waals surface area contributed by atoms with E-state index in [1.807, 2.05) is 23.1 Å². The minimum Gasteiger partial charge on any atom is -0.314 e. The standard InChI is InChI=1S/C17H23N3/c1-14-5-2-6-15(11-14)16-12-17(13-16)18-7-3-9-20-10-4-8-19-20/h2,4-6,8,10-11,16-18H,3,7,9,12-13H2,1H3. The molecule has 1 fully saturated rings. The molecule has 1 aliphatic carbocycles. The molecule has 0 aliphatic heterocycles. The van der Waals surface area contributed by atoms with Gasteiger partial charge in [-0.25, -0.2) is 0 Å². The van der Waals surface area contributed by atoms with Crippen molar-refractivity contribution in [3.05, 3.63) is 53.9 Å². The van der Waals surface area contributed by atoms with Gasteiger partial charge in [0.05, 0.1) is 0 Å². The van der Waals surface area contributed by atoms with E-state index >= 15 is 0 Å². The molecule has 1 N–H and O–H groups in total. The Morgan fingerprint density at radius 2 is 2.20 bits per heavy atom. The van der Waals surface area contributed by atoms with Crippen molar-refractivity contribution in [1.82, 2.24) is 15.1 Å². The van der Waals surface area contributed by atoms with E-state index in [-0.39, 0.29) is 0 Å². The Bertz CT molecular complexity index is 527. The van der Waals surface area contributed by atoms with Crippen LogP contribution in [0.1, 0.15) is 36.3 Å². The molecule has 0 radical (unpaired) electrons. The molecule has 2 aromatic rings. The van der Waals surface area contributed by atoms with Gasteiger partial charge in [-0.1, -0.05) is 29.8 Å². The molecule has 0 spiro atoms. The van der Waals surface area contributed by atoms with Crippen molar-refractivity contribution < 1.29 is 0 Å². The highest BCUT2D eigenvalue weighted by atomic mass is 15.3. The Hall–Kier alpha value is -1.61. The molecule has 3 rings (SSSR count). The predicted molar refractivity (Wildman–Crippen MR) is 81.8 cm³/mol. The number of benzene rings is 1.